The predicted molar refractivity (Wildman–Crippen MR) is 123 cm³/mol. The molecule has 4 rings (SSSR count). The van der Waals surface area contributed by atoms with Crippen molar-refractivity contribution in [3.63, 3.8) is 0 Å². The van der Waals surface area contributed by atoms with Crippen molar-refractivity contribution in [1.82, 2.24) is 10.3 Å². The fourth-order valence-corrected chi connectivity index (χ4v) is 3.74. The van der Waals surface area contributed by atoms with E-state index in [0.717, 1.165) is 40.6 Å². The molecule has 4 aromatic rings. The number of nitrogens with one attached hydrogen (secondary N) is 1. The average molecular weight is 395 g/mol. The molecule has 0 saturated carbocycles. The lowest BCUT2D eigenvalue weighted by Crippen LogP contribution is -2.27. The molecule has 1 N–H and O–H groups in total. The number of aromatic nitrogens is 1. The summed E-state index contributed by atoms with van der Waals surface area (Å²) in [5.41, 5.74) is 5.69. The maximum absolute atomic E-state index is 13.3. The van der Waals surface area contributed by atoms with Crippen molar-refractivity contribution in [3.05, 3.63) is 102 Å². The van der Waals surface area contributed by atoms with E-state index in [1.165, 1.54) is 5.56 Å². The molecule has 0 aliphatic rings. The molecule has 0 fully saturated rings. The number of hydrogen-bond donors (Lipinski definition) is 1. The van der Waals surface area contributed by atoms with Crippen molar-refractivity contribution in [3.8, 4) is 11.3 Å². The lowest BCUT2D eigenvalue weighted by molar-refractivity contribution is 0.0941. The van der Waals surface area contributed by atoms with Gasteiger partial charge in [-0.3, -0.25) is 4.79 Å². The number of carbonyl (C=O) groups excluding carboxylic acids is 1. The lowest BCUT2D eigenvalue weighted by Gasteiger charge is -2.16. The van der Waals surface area contributed by atoms with E-state index in [9.17, 15) is 4.79 Å². The molecule has 3 nitrogen and oxygen atoms in total. The molecule has 30 heavy (non-hydrogen) atoms. The first-order chi connectivity index (χ1) is 14.7. The number of nitrogens with zero attached hydrogens (tertiary/aromatic N) is 1. The Kier molecular flexibility index (Phi) is 5.89. The van der Waals surface area contributed by atoms with Crippen molar-refractivity contribution in [1.29, 1.82) is 0 Å². The van der Waals surface area contributed by atoms with Crippen LogP contribution >= 0.6 is 0 Å². The van der Waals surface area contributed by atoms with E-state index < -0.39 is 0 Å². The van der Waals surface area contributed by atoms with Gasteiger partial charge in [0.05, 0.1) is 22.8 Å². The number of pyridine rings is 1. The van der Waals surface area contributed by atoms with Crippen LogP contribution in [0.15, 0.2) is 84.9 Å². The number of amides is 1. The molecule has 1 amide bonds. The van der Waals surface area contributed by atoms with Crippen molar-refractivity contribution in [2.75, 3.05) is 0 Å². The summed E-state index contributed by atoms with van der Waals surface area (Å²) in [4.78, 5) is 18.0. The summed E-state index contributed by atoms with van der Waals surface area (Å²) < 4.78 is 0. The Morgan fingerprint density at radius 1 is 0.933 bits per heavy atom. The minimum absolute atomic E-state index is 0.0831. The summed E-state index contributed by atoms with van der Waals surface area (Å²) in [7, 11) is 0. The Balaban J connectivity index is 1.65. The lowest BCUT2D eigenvalue weighted by atomic mass is 10.0. The minimum Gasteiger partial charge on any atom is -0.345 e. The van der Waals surface area contributed by atoms with E-state index in [0.29, 0.717) is 5.56 Å². The Morgan fingerprint density at radius 3 is 2.37 bits per heavy atom. The minimum atomic E-state index is -0.0871. The monoisotopic (exact) mass is 394 g/mol. The second kappa shape index (κ2) is 8.91. The zero-order valence-electron chi connectivity index (χ0n) is 17.4. The van der Waals surface area contributed by atoms with Gasteiger partial charge in [-0.2, -0.15) is 0 Å². The number of fused-ring (bicyclic) bond motifs is 1. The number of carbonyl (C=O) groups is 1. The van der Waals surface area contributed by atoms with Crippen LogP contribution in [0.2, 0.25) is 0 Å². The van der Waals surface area contributed by atoms with Gasteiger partial charge in [0, 0.05) is 10.9 Å². The highest BCUT2D eigenvalue weighted by atomic mass is 16.1. The van der Waals surface area contributed by atoms with Crippen molar-refractivity contribution in [2.24, 2.45) is 0 Å². The van der Waals surface area contributed by atoms with Crippen LogP contribution < -0.4 is 5.32 Å². The largest absolute Gasteiger partial charge is 0.345 e. The van der Waals surface area contributed by atoms with Gasteiger partial charge in [-0.1, -0.05) is 86.1 Å². The number of aryl methyl sites for hydroxylation is 1. The van der Waals surface area contributed by atoms with E-state index in [2.05, 4.69) is 36.5 Å². The Labute approximate surface area is 177 Å². The molecule has 1 aromatic heterocycles. The maximum Gasteiger partial charge on any atom is 0.252 e. The number of hydrogen-bond acceptors (Lipinski definition) is 2. The van der Waals surface area contributed by atoms with Gasteiger partial charge in [0.2, 0.25) is 0 Å². The SMILES string of the molecule is CCCc1ccc([C@H](C)NC(=O)c2cc(-c3ccccc3)nc3ccccc23)cc1. The zero-order chi connectivity index (χ0) is 20.9. The Morgan fingerprint density at radius 2 is 1.63 bits per heavy atom. The molecule has 0 radical (unpaired) electrons. The van der Waals surface area contributed by atoms with Gasteiger partial charge < -0.3 is 5.32 Å². The van der Waals surface area contributed by atoms with Crippen LogP contribution in [0.1, 0.15) is 47.8 Å². The fourth-order valence-electron chi connectivity index (χ4n) is 3.74. The van der Waals surface area contributed by atoms with E-state index in [-0.39, 0.29) is 11.9 Å². The normalized spacial score (nSPS) is 11.9. The van der Waals surface area contributed by atoms with E-state index in [4.69, 9.17) is 4.98 Å². The van der Waals surface area contributed by atoms with Crippen LogP contribution in [0.4, 0.5) is 0 Å². The van der Waals surface area contributed by atoms with Gasteiger partial charge in [0.25, 0.3) is 5.91 Å². The molecule has 0 aliphatic heterocycles. The smallest absolute Gasteiger partial charge is 0.252 e. The fraction of sp³-hybridized carbons (Fsp3) is 0.185. The van der Waals surface area contributed by atoms with Gasteiger partial charge in [0.15, 0.2) is 0 Å². The molecule has 1 atom stereocenters. The van der Waals surface area contributed by atoms with Crippen LogP contribution in [0.5, 0.6) is 0 Å². The highest BCUT2D eigenvalue weighted by Gasteiger charge is 2.16. The first kappa shape index (κ1) is 19.8. The van der Waals surface area contributed by atoms with E-state index >= 15 is 0 Å². The molecule has 1 heterocycles. The Bertz CT molecular complexity index is 1150. The van der Waals surface area contributed by atoms with Crippen LogP contribution in [-0.2, 0) is 6.42 Å². The first-order valence-electron chi connectivity index (χ1n) is 10.5. The summed E-state index contributed by atoms with van der Waals surface area (Å²) in [6.45, 7) is 4.20. The molecule has 150 valence electrons. The van der Waals surface area contributed by atoms with Crippen molar-refractivity contribution >= 4 is 16.8 Å². The number of rotatable bonds is 6. The van der Waals surface area contributed by atoms with Gasteiger partial charge in [-0.15, -0.1) is 0 Å². The second-order valence-electron chi connectivity index (χ2n) is 7.62. The molecule has 0 unspecified atom stereocenters. The van der Waals surface area contributed by atoms with Crippen LogP contribution in [0.25, 0.3) is 22.2 Å². The van der Waals surface area contributed by atoms with Crippen LogP contribution in [-0.4, -0.2) is 10.9 Å². The van der Waals surface area contributed by atoms with Crippen LogP contribution in [0, 0.1) is 0 Å². The second-order valence-corrected chi connectivity index (χ2v) is 7.62. The summed E-state index contributed by atoms with van der Waals surface area (Å²) in [5.74, 6) is -0.0871. The molecule has 0 saturated heterocycles. The molecule has 3 aromatic carbocycles. The molecular weight excluding hydrogens is 368 g/mol. The topological polar surface area (TPSA) is 42.0 Å². The number of benzene rings is 3. The van der Waals surface area contributed by atoms with Gasteiger partial charge in [0.1, 0.15) is 0 Å². The van der Waals surface area contributed by atoms with E-state index in [1.54, 1.807) is 0 Å². The molecular formula is C27H26N2O. The maximum atomic E-state index is 13.3. The summed E-state index contributed by atoms with van der Waals surface area (Å²) in [6, 6.07) is 28.1. The quantitative estimate of drug-likeness (QED) is 0.414. The standard InChI is InChI=1S/C27H26N2O/c1-3-9-20-14-16-21(17-15-20)19(2)28-27(30)24-18-26(22-10-5-4-6-11-22)29-25-13-8-7-12-23(24)25/h4-8,10-19H,3,9H2,1-2H3,(H,28,30)/t19-/m0/s1. The van der Waals surface area contributed by atoms with E-state index in [1.807, 2.05) is 67.6 Å². The average Bonchev–Trinajstić information content (AvgIpc) is 2.79. The van der Waals surface area contributed by atoms with Gasteiger partial charge in [-0.05, 0) is 36.6 Å². The summed E-state index contributed by atoms with van der Waals surface area (Å²) in [6.07, 6.45) is 2.21. The van der Waals surface area contributed by atoms with Crippen molar-refractivity contribution < 1.29 is 4.79 Å². The predicted octanol–water partition coefficient (Wildman–Crippen LogP) is 6.35. The molecule has 0 spiro atoms. The first-order valence-corrected chi connectivity index (χ1v) is 10.5. The third-order valence-electron chi connectivity index (χ3n) is 5.40. The highest BCUT2D eigenvalue weighted by Crippen LogP contribution is 2.25. The molecule has 0 aliphatic carbocycles. The number of para-hydroxylation sites is 1. The third kappa shape index (κ3) is 4.25. The summed E-state index contributed by atoms with van der Waals surface area (Å²) >= 11 is 0. The van der Waals surface area contributed by atoms with Crippen molar-refractivity contribution in [2.45, 2.75) is 32.7 Å². The highest BCUT2D eigenvalue weighted by molar-refractivity contribution is 6.07. The molecule has 0 bridgehead atoms. The van der Waals surface area contributed by atoms with Crippen LogP contribution in [0.3, 0.4) is 0 Å². The molecule has 3 heteroatoms. The third-order valence-corrected chi connectivity index (χ3v) is 5.40. The zero-order valence-corrected chi connectivity index (χ0v) is 17.4. The van der Waals surface area contributed by atoms with Gasteiger partial charge in [-0.25, -0.2) is 4.98 Å². The summed E-state index contributed by atoms with van der Waals surface area (Å²) in [5, 5.41) is 4.03. The Hall–Kier alpha value is -3.46. The van der Waals surface area contributed by atoms with Gasteiger partial charge >= 0.3 is 0 Å².